The van der Waals surface area contributed by atoms with Crippen LogP contribution in [0.15, 0.2) is 58.2 Å². The van der Waals surface area contributed by atoms with E-state index in [9.17, 15) is 0 Å². The number of hydrogen-bond donors (Lipinski definition) is 1. The molecule has 0 aliphatic rings. The maximum atomic E-state index is 9.09. The number of hydrogen-bond acceptors (Lipinski definition) is 4. The van der Waals surface area contributed by atoms with E-state index in [1.165, 1.54) is 11.1 Å². The highest BCUT2D eigenvalue weighted by Gasteiger charge is 2.07. The van der Waals surface area contributed by atoms with Crippen LogP contribution in [-0.2, 0) is 12.2 Å². The number of aliphatic hydroxyl groups is 1. The molecule has 0 amide bonds. The lowest BCUT2D eigenvalue weighted by Crippen LogP contribution is -1.95. The fraction of sp³-hybridized carbons (Fsp3) is 0.188. The summed E-state index contributed by atoms with van der Waals surface area (Å²) in [5, 5.41) is 9.77. The zero-order chi connectivity index (χ0) is 13.8. The average molecular weight is 285 g/mol. The van der Waals surface area contributed by atoms with Crippen molar-refractivity contribution >= 4 is 22.9 Å². The van der Waals surface area contributed by atoms with Crippen molar-refractivity contribution in [3.8, 4) is 0 Å². The summed E-state index contributed by atoms with van der Waals surface area (Å²) in [6.45, 7) is 0.171. The van der Waals surface area contributed by atoms with Crippen LogP contribution >= 0.6 is 11.8 Å². The van der Waals surface area contributed by atoms with E-state index < -0.39 is 0 Å². The molecular formula is C16H15NO2S. The molecule has 0 atom stereocenters. The maximum absolute atomic E-state index is 9.09. The van der Waals surface area contributed by atoms with Gasteiger partial charge in [0.25, 0.3) is 5.22 Å². The molecule has 0 saturated carbocycles. The highest BCUT2D eigenvalue weighted by atomic mass is 32.2. The molecule has 0 unspecified atom stereocenters. The van der Waals surface area contributed by atoms with Gasteiger partial charge in [-0.05, 0) is 29.7 Å². The van der Waals surface area contributed by atoms with Crippen LogP contribution in [0.3, 0.4) is 0 Å². The van der Waals surface area contributed by atoms with Crippen molar-refractivity contribution in [2.24, 2.45) is 0 Å². The lowest BCUT2D eigenvalue weighted by Gasteiger charge is -2.06. The Labute approximate surface area is 121 Å². The van der Waals surface area contributed by atoms with Crippen molar-refractivity contribution < 1.29 is 9.52 Å². The van der Waals surface area contributed by atoms with Crippen molar-refractivity contribution in [2.45, 2.75) is 17.4 Å². The third-order valence-electron chi connectivity index (χ3n) is 3.12. The van der Waals surface area contributed by atoms with E-state index >= 15 is 0 Å². The Balaban J connectivity index is 1.76. The van der Waals surface area contributed by atoms with Gasteiger partial charge in [0, 0.05) is 12.4 Å². The highest BCUT2D eigenvalue weighted by molar-refractivity contribution is 7.98. The van der Waals surface area contributed by atoms with Crippen molar-refractivity contribution in [2.75, 3.05) is 6.61 Å². The van der Waals surface area contributed by atoms with E-state index in [0.29, 0.717) is 11.6 Å². The smallest absolute Gasteiger partial charge is 0.257 e. The van der Waals surface area contributed by atoms with Crippen LogP contribution in [0.2, 0.25) is 0 Å². The normalized spacial score (nSPS) is 11.1. The molecule has 0 saturated heterocycles. The van der Waals surface area contributed by atoms with Crippen LogP contribution in [0.4, 0.5) is 0 Å². The first kappa shape index (κ1) is 13.2. The second-order valence-electron chi connectivity index (χ2n) is 4.48. The number of aliphatic hydroxyl groups excluding tert-OH is 1. The first-order valence-electron chi connectivity index (χ1n) is 6.53. The molecule has 1 N–H and O–H groups in total. The largest absolute Gasteiger partial charge is 0.431 e. The molecule has 20 heavy (non-hydrogen) atoms. The Morgan fingerprint density at radius 2 is 1.75 bits per heavy atom. The fourth-order valence-corrected chi connectivity index (χ4v) is 2.99. The minimum Gasteiger partial charge on any atom is -0.431 e. The Morgan fingerprint density at radius 3 is 2.55 bits per heavy atom. The third-order valence-corrected chi connectivity index (χ3v) is 4.00. The van der Waals surface area contributed by atoms with Crippen LogP contribution in [0.5, 0.6) is 0 Å². The number of nitrogens with zero attached hydrogens (tertiary/aromatic N) is 1. The van der Waals surface area contributed by atoms with Crippen LogP contribution in [0.25, 0.3) is 11.1 Å². The van der Waals surface area contributed by atoms with Gasteiger partial charge in [-0.1, -0.05) is 48.2 Å². The molecule has 3 nitrogen and oxygen atoms in total. The predicted octanol–water partition coefficient (Wildman–Crippen LogP) is 3.65. The number of fused-ring (bicyclic) bond motifs is 1. The molecular weight excluding hydrogens is 270 g/mol. The molecule has 1 heterocycles. The maximum Gasteiger partial charge on any atom is 0.257 e. The zero-order valence-electron chi connectivity index (χ0n) is 11.0. The molecule has 0 aliphatic heterocycles. The summed E-state index contributed by atoms with van der Waals surface area (Å²) in [5.74, 6) is 0.795. The number of rotatable bonds is 5. The molecule has 4 heteroatoms. The first-order chi connectivity index (χ1) is 9.86. The Bertz CT molecular complexity index is 675. The summed E-state index contributed by atoms with van der Waals surface area (Å²) in [4.78, 5) is 4.45. The molecule has 102 valence electrons. The number of aromatic nitrogens is 1. The monoisotopic (exact) mass is 285 g/mol. The summed E-state index contributed by atoms with van der Waals surface area (Å²) in [7, 11) is 0. The van der Waals surface area contributed by atoms with Gasteiger partial charge in [-0.2, -0.15) is 0 Å². The molecule has 0 radical (unpaired) electrons. The van der Waals surface area contributed by atoms with E-state index in [1.807, 2.05) is 36.4 Å². The minimum atomic E-state index is 0.171. The molecule has 2 aromatic carbocycles. The van der Waals surface area contributed by atoms with Crippen molar-refractivity contribution in [3.05, 3.63) is 59.7 Å². The quantitative estimate of drug-likeness (QED) is 0.727. The van der Waals surface area contributed by atoms with E-state index in [0.717, 1.165) is 16.9 Å². The Kier molecular flexibility index (Phi) is 4.04. The summed E-state index contributed by atoms with van der Waals surface area (Å²) in [6, 6.07) is 15.9. The van der Waals surface area contributed by atoms with Crippen molar-refractivity contribution in [1.29, 1.82) is 0 Å². The second kappa shape index (κ2) is 6.11. The van der Waals surface area contributed by atoms with Gasteiger partial charge in [-0.25, -0.2) is 4.98 Å². The van der Waals surface area contributed by atoms with Gasteiger partial charge in [0.05, 0.1) is 0 Å². The molecule has 3 aromatic rings. The van der Waals surface area contributed by atoms with Gasteiger partial charge >= 0.3 is 0 Å². The SMILES string of the molecule is OCCc1ccccc1CSc1nc2ccccc2o1. The van der Waals surface area contributed by atoms with Crippen LogP contribution in [0, 0.1) is 0 Å². The minimum absolute atomic E-state index is 0.171. The fourth-order valence-electron chi connectivity index (χ4n) is 2.11. The number of oxazole rings is 1. The molecule has 3 rings (SSSR count). The number of thioether (sulfide) groups is 1. The Morgan fingerprint density at radius 1 is 1.00 bits per heavy atom. The van der Waals surface area contributed by atoms with E-state index in [1.54, 1.807) is 11.8 Å². The standard InChI is InChI=1S/C16H15NO2S/c18-10-9-12-5-1-2-6-13(12)11-20-16-17-14-7-3-4-8-15(14)19-16/h1-8,18H,9-11H2. The lowest BCUT2D eigenvalue weighted by atomic mass is 10.1. The topological polar surface area (TPSA) is 46.3 Å². The van der Waals surface area contributed by atoms with E-state index in [-0.39, 0.29) is 6.61 Å². The number of benzene rings is 2. The molecule has 0 fully saturated rings. The Hall–Kier alpha value is -1.78. The van der Waals surface area contributed by atoms with Gasteiger partial charge < -0.3 is 9.52 Å². The van der Waals surface area contributed by atoms with Crippen LogP contribution in [0.1, 0.15) is 11.1 Å². The lowest BCUT2D eigenvalue weighted by molar-refractivity contribution is 0.299. The summed E-state index contributed by atoms with van der Waals surface area (Å²) < 4.78 is 5.69. The van der Waals surface area contributed by atoms with Crippen molar-refractivity contribution in [3.63, 3.8) is 0 Å². The third kappa shape index (κ3) is 2.86. The first-order valence-corrected chi connectivity index (χ1v) is 7.51. The van der Waals surface area contributed by atoms with E-state index in [4.69, 9.17) is 9.52 Å². The molecule has 0 bridgehead atoms. The summed E-state index contributed by atoms with van der Waals surface area (Å²) in [5.41, 5.74) is 4.10. The molecule has 0 spiro atoms. The second-order valence-corrected chi connectivity index (χ2v) is 5.41. The average Bonchev–Trinajstić information content (AvgIpc) is 2.89. The van der Waals surface area contributed by atoms with E-state index in [2.05, 4.69) is 17.1 Å². The summed E-state index contributed by atoms with van der Waals surface area (Å²) in [6.07, 6.45) is 0.685. The van der Waals surface area contributed by atoms with Crippen LogP contribution in [-0.4, -0.2) is 16.7 Å². The molecule has 1 aromatic heterocycles. The van der Waals surface area contributed by atoms with Gasteiger partial charge in [0.1, 0.15) is 5.52 Å². The number of para-hydroxylation sites is 2. The summed E-state index contributed by atoms with van der Waals surface area (Å²) >= 11 is 1.58. The van der Waals surface area contributed by atoms with Gasteiger partial charge in [0.2, 0.25) is 0 Å². The highest BCUT2D eigenvalue weighted by Crippen LogP contribution is 2.27. The van der Waals surface area contributed by atoms with Gasteiger partial charge in [-0.15, -0.1) is 0 Å². The molecule has 0 aliphatic carbocycles. The van der Waals surface area contributed by atoms with Crippen LogP contribution < -0.4 is 0 Å². The zero-order valence-corrected chi connectivity index (χ0v) is 11.8. The predicted molar refractivity (Wildman–Crippen MR) is 80.8 cm³/mol. The van der Waals surface area contributed by atoms with Gasteiger partial charge in [0.15, 0.2) is 5.58 Å². The van der Waals surface area contributed by atoms with Gasteiger partial charge in [-0.3, -0.25) is 0 Å². The van der Waals surface area contributed by atoms with Crippen molar-refractivity contribution in [1.82, 2.24) is 4.98 Å².